The molecule has 3 rings (SSSR count). The molecule has 2 heterocycles. The van der Waals surface area contributed by atoms with Gasteiger partial charge >= 0.3 is 0 Å². The fraction of sp³-hybridized carbons (Fsp3) is 0.444. The molecular weight excluding hydrogens is 272 g/mol. The molecule has 0 radical (unpaired) electrons. The minimum absolute atomic E-state index is 0.306. The highest BCUT2D eigenvalue weighted by Crippen LogP contribution is 2.34. The molecule has 1 aromatic heterocycles. The highest BCUT2D eigenvalue weighted by molar-refractivity contribution is 5.33. The van der Waals surface area contributed by atoms with Crippen LogP contribution in [0.3, 0.4) is 0 Å². The number of hydrogen-bond acceptors (Lipinski definition) is 3. The maximum atomic E-state index is 9.72. The lowest BCUT2D eigenvalue weighted by atomic mass is 9.74. The molecule has 114 valence electrons. The molecule has 0 aliphatic carbocycles. The second-order valence-corrected chi connectivity index (χ2v) is 6.10. The predicted octanol–water partition coefficient (Wildman–Crippen LogP) is 2.75. The van der Waals surface area contributed by atoms with Gasteiger partial charge in [-0.3, -0.25) is 4.68 Å². The topological polar surface area (TPSA) is 44.9 Å². The van der Waals surface area contributed by atoms with Crippen molar-refractivity contribution in [2.24, 2.45) is 0 Å². The maximum absolute atomic E-state index is 9.72. The summed E-state index contributed by atoms with van der Waals surface area (Å²) in [6.45, 7) is 5.95. The number of nitrogens with zero attached hydrogens (tertiary/aromatic N) is 4. The van der Waals surface area contributed by atoms with E-state index in [1.807, 2.05) is 35.1 Å². The Morgan fingerprint density at radius 2 is 1.86 bits per heavy atom. The highest BCUT2D eigenvalue weighted by Gasteiger charge is 2.36. The van der Waals surface area contributed by atoms with E-state index in [1.54, 1.807) is 0 Å². The van der Waals surface area contributed by atoms with Gasteiger partial charge in [-0.2, -0.15) is 10.4 Å². The molecule has 0 amide bonds. The van der Waals surface area contributed by atoms with Crippen molar-refractivity contribution in [1.29, 1.82) is 5.26 Å². The van der Waals surface area contributed by atoms with E-state index < -0.39 is 0 Å². The van der Waals surface area contributed by atoms with Crippen LogP contribution in [0, 0.1) is 18.3 Å². The minimum atomic E-state index is -0.306. The van der Waals surface area contributed by atoms with Crippen LogP contribution < -0.4 is 0 Å². The first kappa shape index (κ1) is 14.8. The minimum Gasteiger partial charge on any atom is -0.301 e. The number of hydrogen-bond donors (Lipinski definition) is 0. The Labute approximate surface area is 132 Å². The SMILES string of the molecule is Cc1ccnn1CCN1CCC(C#N)(c2ccccc2)CC1. The van der Waals surface area contributed by atoms with E-state index in [0.717, 1.165) is 39.0 Å². The first-order valence-electron chi connectivity index (χ1n) is 7.91. The largest absolute Gasteiger partial charge is 0.301 e. The Hall–Kier alpha value is -2.12. The normalized spacial score (nSPS) is 18.0. The summed E-state index contributed by atoms with van der Waals surface area (Å²) in [4.78, 5) is 2.44. The van der Waals surface area contributed by atoms with Crippen LogP contribution in [0.1, 0.15) is 24.1 Å². The lowest BCUT2D eigenvalue weighted by molar-refractivity contribution is 0.178. The summed E-state index contributed by atoms with van der Waals surface area (Å²) in [6.07, 6.45) is 3.67. The Kier molecular flexibility index (Phi) is 4.26. The van der Waals surface area contributed by atoms with Gasteiger partial charge in [-0.15, -0.1) is 0 Å². The number of benzene rings is 1. The van der Waals surface area contributed by atoms with Crippen molar-refractivity contribution < 1.29 is 0 Å². The summed E-state index contributed by atoms with van der Waals surface area (Å²) in [5.74, 6) is 0. The van der Waals surface area contributed by atoms with Gasteiger partial charge in [0, 0.05) is 31.5 Å². The van der Waals surface area contributed by atoms with Crippen molar-refractivity contribution in [3.05, 3.63) is 53.9 Å². The van der Waals surface area contributed by atoms with Gasteiger partial charge in [-0.05, 0) is 31.4 Å². The van der Waals surface area contributed by atoms with Crippen LogP contribution in [-0.4, -0.2) is 34.3 Å². The van der Waals surface area contributed by atoms with Crippen LogP contribution in [0.25, 0.3) is 0 Å². The molecule has 1 aromatic carbocycles. The molecule has 0 atom stereocenters. The molecule has 2 aromatic rings. The van der Waals surface area contributed by atoms with Crippen molar-refractivity contribution in [3.8, 4) is 6.07 Å². The van der Waals surface area contributed by atoms with E-state index in [1.165, 1.54) is 11.3 Å². The Morgan fingerprint density at radius 1 is 1.14 bits per heavy atom. The van der Waals surface area contributed by atoms with Gasteiger partial charge in [0.2, 0.25) is 0 Å². The second-order valence-electron chi connectivity index (χ2n) is 6.10. The van der Waals surface area contributed by atoms with Crippen LogP contribution in [0.5, 0.6) is 0 Å². The zero-order chi connectivity index (χ0) is 15.4. The third kappa shape index (κ3) is 2.90. The summed E-state index contributed by atoms with van der Waals surface area (Å²) >= 11 is 0. The van der Waals surface area contributed by atoms with Crippen molar-refractivity contribution in [3.63, 3.8) is 0 Å². The number of piperidine rings is 1. The summed E-state index contributed by atoms with van der Waals surface area (Å²) in [5, 5.41) is 14.0. The van der Waals surface area contributed by atoms with Crippen LogP contribution in [0.2, 0.25) is 0 Å². The van der Waals surface area contributed by atoms with Crippen LogP contribution in [0.15, 0.2) is 42.6 Å². The molecule has 0 spiro atoms. The van der Waals surface area contributed by atoms with E-state index in [9.17, 15) is 5.26 Å². The standard InChI is InChI=1S/C18H22N4/c1-16-7-10-20-22(16)14-13-21-11-8-18(15-19,9-12-21)17-5-3-2-4-6-17/h2-7,10H,8-9,11-14H2,1H3. The van der Waals surface area contributed by atoms with Crippen LogP contribution >= 0.6 is 0 Å². The number of likely N-dealkylation sites (tertiary alicyclic amines) is 1. The quantitative estimate of drug-likeness (QED) is 0.871. The average Bonchev–Trinajstić information content (AvgIpc) is 2.99. The van der Waals surface area contributed by atoms with Gasteiger partial charge in [0.15, 0.2) is 0 Å². The lowest BCUT2D eigenvalue weighted by Crippen LogP contribution is -2.43. The number of aryl methyl sites for hydroxylation is 1. The van der Waals surface area contributed by atoms with Gasteiger partial charge in [-0.25, -0.2) is 0 Å². The summed E-state index contributed by atoms with van der Waals surface area (Å²) < 4.78 is 2.04. The monoisotopic (exact) mass is 294 g/mol. The summed E-state index contributed by atoms with van der Waals surface area (Å²) in [6, 6.07) is 14.9. The Bertz CT molecular complexity index is 645. The average molecular weight is 294 g/mol. The fourth-order valence-corrected chi connectivity index (χ4v) is 3.25. The molecule has 1 aliphatic heterocycles. The van der Waals surface area contributed by atoms with Crippen molar-refractivity contribution in [2.45, 2.75) is 31.7 Å². The van der Waals surface area contributed by atoms with Gasteiger partial charge in [-0.1, -0.05) is 30.3 Å². The molecular formula is C18H22N4. The lowest BCUT2D eigenvalue weighted by Gasteiger charge is -2.37. The van der Waals surface area contributed by atoms with Crippen molar-refractivity contribution in [1.82, 2.24) is 14.7 Å². The third-order valence-electron chi connectivity index (χ3n) is 4.81. The van der Waals surface area contributed by atoms with Gasteiger partial charge in [0.05, 0.1) is 18.0 Å². The smallest absolute Gasteiger partial charge is 0.0846 e. The van der Waals surface area contributed by atoms with Crippen LogP contribution in [-0.2, 0) is 12.0 Å². The van der Waals surface area contributed by atoms with Gasteiger partial charge in [0.1, 0.15) is 0 Å². The fourth-order valence-electron chi connectivity index (χ4n) is 3.25. The molecule has 1 fully saturated rings. The number of rotatable bonds is 4. The summed E-state index contributed by atoms with van der Waals surface area (Å²) in [7, 11) is 0. The Balaban J connectivity index is 1.60. The maximum Gasteiger partial charge on any atom is 0.0846 e. The molecule has 4 heteroatoms. The molecule has 0 unspecified atom stereocenters. The van der Waals surface area contributed by atoms with E-state index in [2.05, 4.69) is 35.1 Å². The predicted molar refractivity (Wildman–Crippen MR) is 86.4 cm³/mol. The molecule has 22 heavy (non-hydrogen) atoms. The van der Waals surface area contributed by atoms with E-state index in [-0.39, 0.29) is 5.41 Å². The van der Waals surface area contributed by atoms with Crippen molar-refractivity contribution >= 4 is 0 Å². The van der Waals surface area contributed by atoms with Gasteiger partial charge in [0.25, 0.3) is 0 Å². The molecule has 0 saturated carbocycles. The first-order chi connectivity index (χ1) is 10.7. The Morgan fingerprint density at radius 3 is 2.45 bits per heavy atom. The molecule has 1 saturated heterocycles. The van der Waals surface area contributed by atoms with E-state index >= 15 is 0 Å². The number of aromatic nitrogens is 2. The van der Waals surface area contributed by atoms with Crippen LogP contribution in [0.4, 0.5) is 0 Å². The molecule has 0 bridgehead atoms. The first-order valence-corrected chi connectivity index (χ1v) is 7.91. The zero-order valence-electron chi connectivity index (χ0n) is 13.1. The molecule has 4 nitrogen and oxygen atoms in total. The van der Waals surface area contributed by atoms with Gasteiger partial charge < -0.3 is 4.90 Å². The number of nitriles is 1. The summed E-state index contributed by atoms with van der Waals surface area (Å²) in [5.41, 5.74) is 2.06. The van der Waals surface area contributed by atoms with Crippen molar-refractivity contribution in [2.75, 3.05) is 19.6 Å². The zero-order valence-corrected chi connectivity index (χ0v) is 13.1. The van der Waals surface area contributed by atoms with E-state index in [0.29, 0.717) is 0 Å². The third-order valence-corrected chi connectivity index (χ3v) is 4.81. The molecule has 1 aliphatic rings. The molecule has 0 N–H and O–H groups in total. The second kappa shape index (κ2) is 6.33. The highest BCUT2D eigenvalue weighted by atomic mass is 15.3. The van der Waals surface area contributed by atoms with E-state index in [4.69, 9.17) is 0 Å².